The Morgan fingerprint density at radius 1 is 1.12 bits per heavy atom. The first-order valence-electron chi connectivity index (χ1n) is 7.97. The number of hydrogen-bond acceptors (Lipinski definition) is 3. The summed E-state index contributed by atoms with van der Waals surface area (Å²) in [6.45, 7) is 1.89. The van der Waals surface area contributed by atoms with Crippen LogP contribution in [0.25, 0.3) is 11.1 Å². The molecule has 0 heterocycles. The molecular weight excluding hydrogens is 433 g/mol. The Bertz CT molecular complexity index is 760. The zero-order chi connectivity index (χ0) is 18.0. The number of nitrogens with one attached hydrogen (secondary N) is 1. The molecule has 3 rings (SSSR count). The van der Waals surface area contributed by atoms with Gasteiger partial charge in [-0.1, -0.05) is 78.0 Å². The van der Waals surface area contributed by atoms with Gasteiger partial charge in [0.05, 0.1) is 0 Å². The molecule has 2 N–H and O–H groups in total. The molecule has 0 aliphatic heterocycles. The molecule has 5 nitrogen and oxygen atoms in total. The van der Waals surface area contributed by atoms with E-state index in [1.165, 1.54) is 0 Å². The molecule has 25 heavy (non-hydrogen) atoms. The lowest BCUT2D eigenvalue weighted by Gasteiger charge is -2.18. The van der Waals surface area contributed by atoms with Crippen molar-refractivity contribution in [2.75, 3.05) is 6.61 Å². The minimum atomic E-state index is -1.07. The van der Waals surface area contributed by atoms with Gasteiger partial charge in [-0.2, -0.15) is 0 Å². The number of halogens is 1. The van der Waals surface area contributed by atoms with E-state index in [0.29, 0.717) is 0 Å². The van der Waals surface area contributed by atoms with Crippen molar-refractivity contribution in [2.45, 2.75) is 22.8 Å². The van der Waals surface area contributed by atoms with Crippen LogP contribution in [0.3, 0.4) is 0 Å². The highest BCUT2D eigenvalue weighted by molar-refractivity contribution is 14.1. The van der Waals surface area contributed by atoms with Gasteiger partial charge >= 0.3 is 12.1 Å². The van der Waals surface area contributed by atoms with E-state index >= 15 is 0 Å². The van der Waals surface area contributed by atoms with Gasteiger partial charge in [-0.15, -0.1) is 0 Å². The van der Waals surface area contributed by atoms with Crippen LogP contribution in [-0.2, 0) is 9.53 Å². The first kappa shape index (κ1) is 17.7. The van der Waals surface area contributed by atoms with Crippen LogP contribution in [0, 0.1) is 0 Å². The Morgan fingerprint density at radius 3 is 2.12 bits per heavy atom. The van der Waals surface area contributed by atoms with Crippen LogP contribution in [0.5, 0.6) is 0 Å². The topological polar surface area (TPSA) is 75.6 Å². The minimum absolute atomic E-state index is 0.0431. The molecule has 1 unspecified atom stereocenters. The second kappa shape index (κ2) is 7.43. The Labute approximate surface area is 159 Å². The number of alkyl carbamates (subject to hydrolysis) is 1. The normalized spacial score (nSPS) is 15.0. The number of aliphatic carboxylic acids is 1. The molecule has 2 aromatic rings. The van der Waals surface area contributed by atoms with Crippen molar-refractivity contribution in [3.05, 3.63) is 59.7 Å². The average Bonchev–Trinajstić information content (AvgIpc) is 2.91. The second-order valence-corrected chi connectivity index (χ2v) is 7.93. The first-order chi connectivity index (χ1) is 12.0. The Balaban J connectivity index is 1.73. The fourth-order valence-electron chi connectivity index (χ4n) is 3.14. The molecular formula is C19H18INO4. The van der Waals surface area contributed by atoms with E-state index in [9.17, 15) is 9.59 Å². The number of carboxylic acids is 1. The van der Waals surface area contributed by atoms with Crippen LogP contribution in [0.15, 0.2) is 48.5 Å². The molecule has 0 radical (unpaired) electrons. The van der Waals surface area contributed by atoms with Crippen LogP contribution in [0.1, 0.15) is 24.0 Å². The average molecular weight is 451 g/mol. The first-order valence-corrected chi connectivity index (χ1v) is 9.22. The van der Waals surface area contributed by atoms with E-state index in [1.54, 1.807) is 6.92 Å². The maximum Gasteiger partial charge on any atom is 0.407 e. The van der Waals surface area contributed by atoms with Gasteiger partial charge in [0.25, 0.3) is 0 Å². The predicted molar refractivity (Wildman–Crippen MR) is 103 cm³/mol. The summed E-state index contributed by atoms with van der Waals surface area (Å²) in [5, 5.41) is 11.6. The second-order valence-electron chi connectivity index (χ2n) is 5.96. The summed E-state index contributed by atoms with van der Waals surface area (Å²) in [4.78, 5) is 23.2. The molecule has 0 aromatic heterocycles. The van der Waals surface area contributed by atoms with Crippen molar-refractivity contribution < 1.29 is 19.4 Å². The number of benzene rings is 2. The fraction of sp³-hybridized carbons (Fsp3) is 0.263. The third-order valence-electron chi connectivity index (χ3n) is 4.34. The van der Waals surface area contributed by atoms with Crippen molar-refractivity contribution in [1.82, 2.24) is 5.32 Å². The Morgan fingerprint density at radius 2 is 1.64 bits per heavy atom. The number of carbonyl (C=O) groups is 2. The standard InChI is InChI=1S/C19H18INO4/c1-11(20)17(18(22)23)21-19(24)25-10-16-14-8-4-2-6-12(14)13-7-3-5-9-15(13)16/h2-9,11,16-17H,10H2,1H3,(H,21,24)(H,22,23)/t11?,17-/m0/s1. The van der Waals surface area contributed by atoms with Crippen molar-refractivity contribution in [2.24, 2.45) is 0 Å². The Kier molecular flexibility index (Phi) is 5.27. The van der Waals surface area contributed by atoms with Crippen molar-refractivity contribution >= 4 is 34.7 Å². The summed E-state index contributed by atoms with van der Waals surface area (Å²) in [7, 11) is 0. The summed E-state index contributed by atoms with van der Waals surface area (Å²) in [6.07, 6.45) is -0.710. The van der Waals surface area contributed by atoms with Crippen LogP contribution in [0.2, 0.25) is 0 Å². The van der Waals surface area contributed by atoms with Crippen molar-refractivity contribution in [3.8, 4) is 11.1 Å². The van der Waals surface area contributed by atoms with E-state index in [0.717, 1.165) is 22.3 Å². The zero-order valence-corrected chi connectivity index (χ0v) is 15.8. The summed E-state index contributed by atoms with van der Waals surface area (Å²) >= 11 is 1.97. The van der Waals surface area contributed by atoms with Crippen molar-refractivity contribution in [1.29, 1.82) is 0 Å². The molecule has 0 saturated carbocycles. The predicted octanol–water partition coefficient (Wildman–Crippen LogP) is 3.80. The van der Waals surface area contributed by atoms with Gasteiger partial charge < -0.3 is 15.2 Å². The molecule has 0 spiro atoms. The van der Waals surface area contributed by atoms with Gasteiger partial charge in [0, 0.05) is 9.84 Å². The molecule has 2 aromatic carbocycles. The minimum Gasteiger partial charge on any atom is -0.480 e. The van der Waals surface area contributed by atoms with Crippen LogP contribution in [-0.4, -0.2) is 33.7 Å². The van der Waals surface area contributed by atoms with Crippen LogP contribution >= 0.6 is 22.6 Å². The number of amides is 1. The molecule has 0 saturated heterocycles. The number of fused-ring (bicyclic) bond motifs is 3. The number of carbonyl (C=O) groups excluding carboxylic acids is 1. The number of carboxylic acid groups (broad SMARTS) is 1. The smallest absolute Gasteiger partial charge is 0.407 e. The lowest BCUT2D eigenvalue weighted by molar-refractivity contribution is -0.139. The summed E-state index contributed by atoms with van der Waals surface area (Å²) in [6, 6.07) is 15.1. The van der Waals surface area contributed by atoms with Crippen molar-refractivity contribution in [3.63, 3.8) is 0 Å². The van der Waals surface area contributed by atoms with E-state index < -0.39 is 18.1 Å². The van der Waals surface area contributed by atoms with E-state index in [1.807, 2.05) is 59.0 Å². The van der Waals surface area contributed by atoms with Crippen LogP contribution < -0.4 is 5.32 Å². The quantitative estimate of drug-likeness (QED) is 0.536. The molecule has 1 aliphatic rings. The molecule has 1 aliphatic carbocycles. The Hall–Kier alpha value is -2.09. The highest BCUT2D eigenvalue weighted by Gasteiger charge is 2.30. The number of alkyl halides is 1. The fourth-order valence-corrected chi connectivity index (χ4v) is 3.63. The van der Waals surface area contributed by atoms with E-state index in [4.69, 9.17) is 9.84 Å². The number of hydrogen-bond donors (Lipinski definition) is 2. The zero-order valence-electron chi connectivity index (χ0n) is 13.6. The summed E-state index contributed by atoms with van der Waals surface area (Å²) in [5.74, 6) is -1.12. The maximum atomic E-state index is 12.0. The van der Waals surface area contributed by atoms with Gasteiger partial charge in [0.15, 0.2) is 0 Å². The maximum absolute atomic E-state index is 12.0. The number of ether oxygens (including phenoxy) is 1. The molecule has 0 fully saturated rings. The molecule has 0 bridgehead atoms. The lowest BCUT2D eigenvalue weighted by Crippen LogP contribution is -2.46. The highest BCUT2D eigenvalue weighted by Crippen LogP contribution is 2.44. The van der Waals surface area contributed by atoms with E-state index in [-0.39, 0.29) is 16.4 Å². The summed E-state index contributed by atoms with van der Waals surface area (Å²) < 4.78 is 5.10. The van der Waals surface area contributed by atoms with E-state index in [2.05, 4.69) is 17.4 Å². The highest BCUT2D eigenvalue weighted by atomic mass is 127. The van der Waals surface area contributed by atoms with Gasteiger partial charge in [0.1, 0.15) is 12.6 Å². The van der Waals surface area contributed by atoms with Gasteiger partial charge in [-0.05, 0) is 22.3 Å². The largest absolute Gasteiger partial charge is 0.480 e. The van der Waals surface area contributed by atoms with Crippen LogP contribution in [0.4, 0.5) is 4.79 Å². The third kappa shape index (κ3) is 3.63. The molecule has 2 atom stereocenters. The molecule has 130 valence electrons. The third-order valence-corrected chi connectivity index (χ3v) is 5.06. The monoisotopic (exact) mass is 451 g/mol. The van der Waals surface area contributed by atoms with Gasteiger partial charge in [0.2, 0.25) is 0 Å². The van der Waals surface area contributed by atoms with Gasteiger partial charge in [-0.3, -0.25) is 0 Å². The summed E-state index contributed by atoms with van der Waals surface area (Å²) in [5.41, 5.74) is 4.54. The lowest BCUT2D eigenvalue weighted by atomic mass is 9.98. The number of rotatable bonds is 5. The van der Waals surface area contributed by atoms with Gasteiger partial charge in [-0.25, -0.2) is 9.59 Å². The molecule has 1 amide bonds. The SMILES string of the molecule is CC(I)[C@H](NC(=O)OCC1c2ccccc2-c2ccccc21)C(=O)O. The molecule has 6 heteroatoms.